The molecule has 0 aliphatic heterocycles. The van der Waals surface area contributed by atoms with E-state index in [2.05, 4.69) is 27.5 Å². The van der Waals surface area contributed by atoms with Gasteiger partial charge in [0.05, 0.1) is 5.69 Å². The number of aliphatic hydroxyl groups excluding tert-OH is 1. The summed E-state index contributed by atoms with van der Waals surface area (Å²) in [6, 6.07) is 6.08. The number of aliphatic hydroxyl groups is 1. The molecule has 1 atom stereocenters. The van der Waals surface area contributed by atoms with Gasteiger partial charge >= 0.3 is 0 Å². The highest BCUT2D eigenvalue weighted by Gasteiger charge is 2.09. The van der Waals surface area contributed by atoms with Crippen LogP contribution >= 0.6 is 24.0 Å². The first-order chi connectivity index (χ1) is 13.7. The highest BCUT2D eigenvalue weighted by molar-refractivity contribution is 14.0. The number of benzene rings is 1. The van der Waals surface area contributed by atoms with E-state index in [-0.39, 0.29) is 36.4 Å². The topological polar surface area (TPSA) is 82.7 Å². The van der Waals surface area contributed by atoms with Crippen LogP contribution in [0.15, 0.2) is 39.9 Å². The van der Waals surface area contributed by atoms with Crippen LogP contribution in [0.25, 0.3) is 11.5 Å². The molecule has 0 radical (unpaired) electrons. The van der Waals surface area contributed by atoms with Gasteiger partial charge in [0.1, 0.15) is 12.1 Å². The van der Waals surface area contributed by atoms with Crippen molar-refractivity contribution in [1.82, 2.24) is 15.6 Å². The van der Waals surface area contributed by atoms with Gasteiger partial charge in [0.15, 0.2) is 5.96 Å². The molecule has 0 spiro atoms. The number of oxazole rings is 1. The summed E-state index contributed by atoms with van der Waals surface area (Å²) < 4.78 is 18.5. The second-order valence-corrected chi connectivity index (χ2v) is 6.71. The van der Waals surface area contributed by atoms with E-state index >= 15 is 0 Å². The van der Waals surface area contributed by atoms with Crippen molar-refractivity contribution >= 4 is 29.9 Å². The number of aromatic nitrogens is 1. The van der Waals surface area contributed by atoms with Crippen LogP contribution in [0, 0.1) is 11.7 Å². The number of nitrogens with one attached hydrogen (secondary N) is 2. The van der Waals surface area contributed by atoms with Crippen molar-refractivity contribution in [1.29, 1.82) is 0 Å². The lowest BCUT2D eigenvalue weighted by molar-refractivity contribution is 0.253. The molecule has 8 heteroatoms. The van der Waals surface area contributed by atoms with E-state index in [1.165, 1.54) is 12.1 Å². The van der Waals surface area contributed by atoms with E-state index in [1.54, 1.807) is 18.4 Å². The molecular weight excluding hydrogens is 486 g/mol. The number of hydrogen-bond acceptors (Lipinski definition) is 4. The molecule has 0 amide bonds. The molecule has 1 unspecified atom stereocenters. The van der Waals surface area contributed by atoms with Gasteiger partial charge in [0.25, 0.3) is 0 Å². The number of halogens is 2. The minimum absolute atomic E-state index is 0. The third-order valence-electron chi connectivity index (χ3n) is 4.40. The molecule has 0 bridgehead atoms. The summed E-state index contributed by atoms with van der Waals surface area (Å²) in [4.78, 5) is 9.11. The minimum Gasteiger partial charge on any atom is -0.444 e. The monoisotopic (exact) mass is 518 g/mol. The van der Waals surface area contributed by atoms with E-state index in [0.29, 0.717) is 31.3 Å². The zero-order valence-electron chi connectivity index (χ0n) is 17.2. The fourth-order valence-corrected chi connectivity index (χ4v) is 2.94. The molecule has 0 aliphatic rings. The third-order valence-corrected chi connectivity index (χ3v) is 4.40. The number of aliphatic imine (C=N–C) groups is 1. The Kier molecular flexibility index (Phi) is 12.5. The largest absolute Gasteiger partial charge is 0.444 e. The van der Waals surface area contributed by atoms with Gasteiger partial charge in [-0.25, -0.2) is 9.37 Å². The van der Waals surface area contributed by atoms with Crippen molar-refractivity contribution in [2.45, 2.75) is 39.5 Å². The summed E-state index contributed by atoms with van der Waals surface area (Å²) in [5.74, 6) is 1.38. The van der Waals surface area contributed by atoms with Gasteiger partial charge in [0, 0.05) is 38.2 Å². The Morgan fingerprint density at radius 3 is 2.62 bits per heavy atom. The van der Waals surface area contributed by atoms with Crippen molar-refractivity contribution in [3.63, 3.8) is 0 Å². The number of guanidine groups is 1. The fourth-order valence-electron chi connectivity index (χ4n) is 2.94. The van der Waals surface area contributed by atoms with Crippen LogP contribution in [0.4, 0.5) is 4.39 Å². The molecule has 0 saturated carbocycles. The van der Waals surface area contributed by atoms with Crippen LogP contribution < -0.4 is 10.6 Å². The van der Waals surface area contributed by atoms with E-state index < -0.39 is 0 Å². The average Bonchev–Trinajstić information content (AvgIpc) is 3.15. The van der Waals surface area contributed by atoms with E-state index in [4.69, 9.17) is 4.42 Å². The Hall–Kier alpha value is -1.68. The summed E-state index contributed by atoms with van der Waals surface area (Å²) in [5, 5.41) is 15.7. The first kappa shape index (κ1) is 25.4. The molecule has 3 N–H and O–H groups in total. The quantitative estimate of drug-likeness (QED) is 0.238. The van der Waals surface area contributed by atoms with Gasteiger partial charge in [0.2, 0.25) is 5.89 Å². The lowest BCUT2D eigenvalue weighted by atomic mass is 10.0. The van der Waals surface area contributed by atoms with Crippen molar-refractivity contribution in [3.8, 4) is 11.5 Å². The van der Waals surface area contributed by atoms with Gasteiger partial charge in [-0.1, -0.05) is 13.3 Å². The van der Waals surface area contributed by atoms with Gasteiger partial charge in [-0.15, -0.1) is 24.0 Å². The molecular formula is C21H32FIN4O2. The number of nitrogens with zero attached hydrogens (tertiary/aromatic N) is 2. The number of hydrogen-bond donors (Lipinski definition) is 3. The smallest absolute Gasteiger partial charge is 0.226 e. The molecule has 2 rings (SSSR count). The molecule has 1 aromatic carbocycles. The van der Waals surface area contributed by atoms with Crippen LogP contribution in [0.5, 0.6) is 0 Å². The van der Waals surface area contributed by atoms with E-state index in [0.717, 1.165) is 43.0 Å². The number of rotatable bonds is 11. The SMILES string of the molecule is CCCC(CCO)CN=C(NCC)NCCc1coc(-c2ccc(F)cc2)n1.I. The first-order valence-corrected chi connectivity index (χ1v) is 9.99. The van der Waals surface area contributed by atoms with Crippen LogP contribution in [0.2, 0.25) is 0 Å². The van der Waals surface area contributed by atoms with Gasteiger partial charge in [-0.05, 0) is 49.9 Å². The lowest BCUT2D eigenvalue weighted by Crippen LogP contribution is -2.38. The molecule has 2 aromatic rings. The van der Waals surface area contributed by atoms with Crippen molar-refractivity contribution < 1.29 is 13.9 Å². The van der Waals surface area contributed by atoms with Crippen LogP contribution in [-0.2, 0) is 6.42 Å². The normalized spacial score (nSPS) is 12.3. The summed E-state index contributed by atoms with van der Waals surface area (Å²) >= 11 is 0. The average molecular weight is 518 g/mol. The second-order valence-electron chi connectivity index (χ2n) is 6.71. The van der Waals surface area contributed by atoms with Crippen LogP contribution in [0.3, 0.4) is 0 Å². The maximum absolute atomic E-state index is 13.0. The molecule has 1 aromatic heterocycles. The molecule has 0 aliphatic carbocycles. The maximum atomic E-state index is 13.0. The van der Waals surface area contributed by atoms with Crippen molar-refractivity contribution in [3.05, 3.63) is 42.0 Å². The lowest BCUT2D eigenvalue weighted by Gasteiger charge is -2.15. The maximum Gasteiger partial charge on any atom is 0.226 e. The zero-order valence-corrected chi connectivity index (χ0v) is 19.5. The van der Waals surface area contributed by atoms with Crippen molar-refractivity contribution in [2.24, 2.45) is 10.9 Å². The van der Waals surface area contributed by atoms with Crippen LogP contribution in [0.1, 0.15) is 38.8 Å². The predicted molar refractivity (Wildman–Crippen MR) is 125 cm³/mol. The molecule has 162 valence electrons. The predicted octanol–water partition coefficient (Wildman–Crippen LogP) is 4.00. The second kappa shape index (κ2) is 14.3. The highest BCUT2D eigenvalue weighted by atomic mass is 127. The Morgan fingerprint density at radius 2 is 1.97 bits per heavy atom. The van der Waals surface area contributed by atoms with Gasteiger partial charge < -0.3 is 20.2 Å². The summed E-state index contributed by atoms with van der Waals surface area (Å²) in [7, 11) is 0. The fraction of sp³-hybridized carbons (Fsp3) is 0.524. The summed E-state index contributed by atoms with van der Waals surface area (Å²) in [5.41, 5.74) is 1.58. The Morgan fingerprint density at radius 1 is 1.21 bits per heavy atom. The third kappa shape index (κ3) is 9.12. The molecule has 1 heterocycles. The summed E-state index contributed by atoms with van der Waals surface area (Å²) in [6.45, 7) is 6.52. The summed E-state index contributed by atoms with van der Waals surface area (Å²) in [6.07, 6.45) is 5.25. The molecule has 0 saturated heterocycles. The van der Waals surface area contributed by atoms with Crippen molar-refractivity contribution in [2.75, 3.05) is 26.2 Å². The first-order valence-electron chi connectivity index (χ1n) is 9.99. The van der Waals surface area contributed by atoms with Gasteiger partial charge in [-0.2, -0.15) is 0 Å². The Balaban J connectivity index is 0.00000420. The molecule has 29 heavy (non-hydrogen) atoms. The Labute approximate surface area is 189 Å². The van der Waals surface area contributed by atoms with Crippen LogP contribution in [-0.4, -0.2) is 42.3 Å². The van der Waals surface area contributed by atoms with E-state index in [9.17, 15) is 9.50 Å². The highest BCUT2D eigenvalue weighted by Crippen LogP contribution is 2.19. The molecule has 6 nitrogen and oxygen atoms in total. The van der Waals surface area contributed by atoms with Gasteiger partial charge in [-0.3, -0.25) is 4.99 Å². The standard InChI is InChI=1S/C21H31FN4O2.HI/c1-3-5-16(11-13-27)14-25-21(23-4-2)24-12-10-19-15-28-20(26-19)17-6-8-18(22)9-7-17;/h6-9,15-16,27H,3-5,10-14H2,1-2H3,(H2,23,24,25);1H. The zero-order chi connectivity index (χ0) is 20.2. The Bertz CT molecular complexity index is 716. The van der Waals surface area contributed by atoms with E-state index in [1.807, 2.05) is 6.92 Å². The minimum atomic E-state index is -0.282. The molecule has 0 fully saturated rings.